The second-order valence-corrected chi connectivity index (χ2v) is 4.35. The van der Waals surface area contributed by atoms with Gasteiger partial charge in [-0.3, -0.25) is 0 Å². The first kappa shape index (κ1) is 12.5. The van der Waals surface area contributed by atoms with Gasteiger partial charge in [0.05, 0.1) is 12.1 Å². The molecule has 1 aromatic rings. The Balaban J connectivity index is 2.04. The minimum Gasteiger partial charge on any atom is -0.392 e. The third-order valence-electron chi connectivity index (χ3n) is 2.99. The van der Waals surface area contributed by atoms with E-state index in [1.165, 1.54) is 0 Å². The highest BCUT2D eigenvalue weighted by atomic mass is 16.5. The van der Waals surface area contributed by atoms with Crippen LogP contribution in [0.4, 0.5) is 0 Å². The molecule has 1 unspecified atom stereocenters. The Kier molecular flexibility index (Phi) is 4.09. The largest absolute Gasteiger partial charge is 0.392 e. The zero-order chi connectivity index (χ0) is 12.3. The van der Waals surface area contributed by atoms with E-state index in [9.17, 15) is 5.11 Å². The van der Waals surface area contributed by atoms with Gasteiger partial charge in [0.1, 0.15) is 6.10 Å². The maximum absolute atomic E-state index is 9.43. The molecule has 2 N–H and O–H groups in total. The summed E-state index contributed by atoms with van der Waals surface area (Å²) in [5.41, 5.74) is 0. The van der Waals surface area contributed by atoms with E-state index >= 15 is 0 Å². The van der Waals surface area contributed by atoms with Crippen molar-refractivity contribution in [2.75, 3.05) is 13.7 Å². The van der Waals surface area contributed by atoms with E-state index < -0.39 is 0 Å². The summed E-state index contributed by atoms with van der Waals surface area (Å²) in [5.74, 6) is 1.13. The number of hydrogen-bond acceptors (Lipinski definition) is 6. The number of aromatic nitrogens is 2. The molecule has 6 heteroatoms. The second kappa shape index (κ2) is 5.57. The predicted octanol–water partition coefficient (Wildman–Crippen LogP) is 0.952. The molecule has 6 nitrogen and oxygen atoms in total. The van der Waals surface area contributed by atoms with Crippen molar-refractivity contribution in [3.8, 4) is 0 Å². The van der Waals surface area contributed by atoms with Gasteiger partial charge in [0.15, 0.2) is 0 Å². The van der Waals surface area contributed by atoms with Crippen LogP contribution in [0.1, 0.15) is 50.0 Å². The molecule has 1 saturated heterocycles. The lowest BCUT2D eigenvalue weighted by atomic mass is 10.2. The Hall–Kier alpha value is -0.980. The SMILES string of the molecule is CCCC(OC)c1noc([C@@H]2C[C@H](O)CN2)n1. The van der Waals surface area contributed by atoms with Gasteiger partial charge in [0.2, 0.25) is 11.7 Å². The number of aliphatic hydroxyl groups is 1. The van der Waals surface area contributed by atoms with E-state index in [-0.39, 0.29) is 18.2 Å². The molecule has 3 atom stereocenters. The molecule has 1 aliphatic heterocycles. The monoisotopic (exact) mass is 241 g/mol. The van der Waals surface area contributed by atoms with Crippen LogP contribution in [0.5, 0.6) is 0 Å². The average Bonchev–Trinajstić information content (AvgIpc) is 2.94. The molecule has 17 heavy (non-hydrogen) atoms. The number of nitrogens with zero attached hydrogens (tertiary/aromatic N) is 2. The van der Waals surface area contributed by atoms with Gasteiger partial charge in [-0.2, -0.15) is 4.98 Å². The highest BCUT2D eigenvalue weighted by molar-refractivity contribution is 4.99. The first-order chi connectivity index (χ1) is 8.24. The predicted molar refractivity (Wildman–Crippen MR) is 60.3 cm³/mol. The van der Waals surface area contributed by atoms with Crippen molar-refractivity contribution in [1.82, 2.24) is 15.5 Å². The maximum atomic E-state index is 9.43. The van der Waals surface area contributed by atoms with Crippen LogP contribution in [0.25, 0.3) is 0 Å². The van der Waals surface area contributed by atoms with E-state index in [4.69, 9.17) is 9.26 Å². The Labute approximate surface area is 100 Å². The van der Waals surface area contributed by atoms with Crippen molar-refractivity contribution >= 4 is 0 Å². The number of ether oxygens (including phenoxy) is 1. The van der Waals surface area contributed by atoms with Gasteiger partial charge in [-0.1, -0.05) is 18.5 Å². The van der Waals surface area contributed by atoms with E-state index in [0.717, 1.165) is 12.8 Å². The number of nitrogens with one attached hydrogen (secondary N) is 1. The molecule has 0 aromatic carbocycles. The Bertz CT molecular complexity index is 337. The van der Waals surface area contributed by atoms with Crippen LogP contribution in [-0.2, 0) is 4.74 Å². The zero-order valence-corrected chi connectivity index (χ0v) is 10.2. The van der Waals surface area contributed by atoms with Crippen molar-refractivity contribution in [1.29, 1.82) is 0 Å². The maximum Gasteiger partial charge on any atom is 0.243 e. The van der Waals surface area contributed by atoms with Crippen LogP contribution in [-0.4, -0.2) is 35.0 Å². The molecule has 1 fully saturated rings. The van der Waals surface area contributed by atoms with Crippen LogP contribution < -0.4 is 5.32 Å². The summed E-state index contributed by atoms with van der Waals surface area (Å²) in [6.45, 7) is 2.66. The first-order valence-electron chi connectivity index (χ1n) is 6.02. The van der Waals surface area contributed by atoms with Crippen LogP contribution in [0.2, 0.25) is 0 Å². The Morgan fingerprint density at radius 1 is 1.65 bits per heavy atom. The summed E-state index contributed by atoms with van der Waals surface area (Å²) >= 11 is 0. The summed E-state index contributed by atoms with van der Waals surface area (Å²) in [6, 6.07) is -0.0367. The molecule has 1 aliphatic rings. The van der Waals surface area contributed by atoms with E-state index in [1.807, 2.05) is 0 Å². The summed E-state index contributed by atoms with van der Waals surface area (Å²) < 4.78 is 10.5. The summed E-state index contributed by atoms with van der Waals surface area (Å²) in [4.78, 5) is 4.34. The van der Waals surface area contributed by atoms with Gasteiger partial charge in [-0.05, 0) is 12.8 Å². The van der Waals surface area contributed by atoms with Crippen molar-refractivity contribution < 1.29 is 14.4 Å². The van der Waals surface area contributed by atoms with Crippen LogP contribution in [0, 0.1) is 0 Å². The smallest absolute Gasteiger partial charge is 0.243 e. The van der Waals surface area contributed by atoms with Gasteiger partial charge in [-0.25, -0.2) is 0 Å². The standard InChI is InChI=1S/C11H19N3O3/c1-3-4-9(16-2)10-13-11(17-14-10)8-5-7(15)6-12-8/h7-9,12,15H,3-6H2,1-2H3/t7-,8-,9?/m0/s1. The average molecular weight is 241 g/mol. The van der Waals surface area contributed by atoms with E-state index in [1.54, 1.807) is 7.11 Å². The molecule has 0 aliphatic carbocycles. The van der Waals surface area contributed by atoms with Crippen LogP contribution in [0.3, 0.4) is 0 Å². The first-order valence-corrected chi connectivity index (χ1v) is 6.02. The molecule has 0 radical (unpaired) electrons. The van der Waals surface area contributed by atoms with Crippen molar-refractivity contribution in [2.24, 2.45) is 0 Å². The molecule has 0 spiro atoms. The molecule has 0 bridgehead atoms. The normalized spacial score (nSPS) is 26.3. The highest BCUT2D eigenvalue weighted by Gasteiger charge is 2.29. The molecule has 2 rings (SSSR count). The fourth-order valence-corrected chi connectivity index (χ4v) is 2.04. The van der Waals surface area contributed by atoms with Crippen LogP contribution in [0.15, 0.2) is 4.52 Å². The molecule has 96 valence electrons. The van der Waals surface area contributed by atoms with Crippen molar-refractivity contribution in [3.63, 3.8) is 0 Å². The van der Waals surface area contributed by atoms with Gasteiger partial charge < -0.3 is 19.7 Å². The minimum absolute atomic E-state index is 0.0367. The van der Waals surface area contributed by atoms with Gasteiger partial charge in [-0.15, -0.1) is 0 Å². The van der Waals surface area contributed by atoms with Crippen molar-refractivity contribution in [3.05, 3.63) is 11.7 Å². The van der Waals surface area contributed by atoms with E-state index in [0.29, 0.717) is 24.7 Å². The number of aliphatic hydroxyl groups excluding tert-OH is 1. The van der Waals surface area contributed by atoms with Gasteiger partial charge in [0.25, 0.3) is 0 Å². The number of hydrogen-bond donors (Lipinski definition) is 2. The number of rotatable bonds is 5. The quantitative estimate of drug-likeness (QED) is 0.799. The fourth-order valence-electron chi connectivity index (χ4n) is 2.04. The molecule has 2 heterocycles. The van der Waals surface area contributed by atoms with Gasteiger partial charge >= 0.3 is 0 Å². The van der Waals surface area contributed by atoms with Crippen molar-refractivity contribution in [2.45, 2.75) is 44.4 Å². The third kappa shape index (κ3) is 2.83. The highest BCUT2D eigenvalue weighted by Crippen LogP contribution is 2.25. The second-order valence-electron chi connectivity index (χ2n) is 4.35. The molecule has 1 aromatic heterocycles. The summed E-state index contributed by atoms with van der Waals surface area (Å²) in [6.07, 6.45) is 2.06. The molecule has 0 saturated carbocycles. The van der Waals surface area contributed by atoms with E-state index in [2.05, 4.69) is 22.4 Å². The fraction of sp³-hybridized carbons (Fsp3) is 0.818. The summed E-state index contributed by atoms with van der Waals surface area (Å²) in [7, 11) is 1.65. The third-order valence-corrected chi connectivity index (χ3v) is 2.99. The minimum atomic E-state index is -0.329. The lowest BCUT2D eigenvalue weighted by Crippen LogP contribution is -2.15. The lowest BCUT2D eigenvalue weighted by molar-refractivity contribution is 0.0854. The summed E-state index contributed by atoms with van der Waals surface area (Å²) in [5, 5.41) is 16.5. The Morgan fingerprint density at radius 2 is 2.47 bits per heavy atom. The molecular formula is C11H19N3O3. The van der Waals surface area contributed by atoms with Gasteiger partial charge in [0, 0.05) is 13.7 Å². The zero-order valence-electron chi connectivity index (χ0n) is 10.2. The number of β-amino-alcohol motifs (C(OH)–C–C–N with tert-alkyl or cyclic N) is 1. The van der Waals surface area contributed by atoms with Crippen LogP contribution >= 0.6 is 0 Å². The number of methoxy groups -OCH3 is 1. The molecular weight excluding hydrogens is 222 g/mol. The lowest BCUT2D eigenvalue weighted by Gasteiger charge is -2.08. The topological polar surface area (TPSA) is 80.4 Å². The Morgan fingerprint density at radius 3 is 3.06 bits per heavy atom. The molecule has 0 amide bonds.